The van der Waals surface area contributed by atoms with Crippen molar-refractivity contribution in [2.45, 2.75) is 19.9 Å². The van der Waals surface area contributed by atoms with E-state index in [-0.39, 0.29) is 12.5 Å². The van der Waals surface area contributed by atoms with Gasteiger partial charge in [-0.3, -0.25) is 4.79 Å². The number of aromatic nitrogens is 2. The molecule has 0 saturated carbocycles. The van der Waals surface area contributed by atoms with Gasteiger partial charge in [-0.2, -0.15) is 0 Å². The summed E-state index contributed by atoms with van der Waals surface area (Å²) in [5.41, 5.74) is 0.529. The molecule has 0 saturated heterocycles. The first-order valence-electron chi connectivity index (χ1n) is 7.58. The number of carbonyl (C=O) groups is 1. The molecule has 2 aromatic heterocycles. The highest BCUT2D eigenvalue weighted by atomic mass is 35.5. The Morgan fingerprint density at radius 2 is 2.12 bits per heavy atom. The van der Waals surface area contributed by atoms with Crippen molar-refractivity contribution in [1.29, 1.82) is 0 Å². The van der Waals surface area contributed by atoms with E-state index in [2.05, 4.69) is 10.2 Å². The second-order valence-electron chi connectivity index (χ2n) is 5.22. The largest absolute Gasteiger partial charge is 0.459 e. The van der Waals surface area contributed by atoms with Crippen molar-refractivity contribution in [3.63, 3.8) is 0 Å². The molecule has 24 heavy (non-hydrogen) atoms. The van der Waals surface area contributed by atoms with E-state index in [0.717, 1.165) is 6.42 Å². The third-order valence-electron chi connectivity index (χ3n) is 3.38. The number of hydrogen-bond donors (Lipinski definition) is 0. The molecule has 2 heterocycles. The number of halogens is 1. The van der Waals surface area contributed by atoms with Crippen LogP contribution in [0.15, 0.2) is 51.5 Å². The summed E-state index contributed by atoms with van der Waals surface area (Å²) in [6.45, 7) is 2.80. The zero-order valence-electron chi connectivity index (χ0n) is 13.1. The molecule has 1 amide bonds. The Balaban J connectivity index is 1.78. The predicted octanol–water partition coefficient (Wildman–Crippen LogP) is 4.04. The number of carbonyl (C=O) groups excluding carboxylic acids is 1. The second kappa shape index (κ2) is 7.31. The van der Waals surface area contributed by atoms with Gasteiger partial charge in [-0.15, -0.1) is 10.2 Å². The van der Waals surface area contributed by atoms with Crippen molar-refractivity contribution in [1.82, 2.24) is 15.1 Å². The van der Waals surface area contributed by atoms with Crippen LogP contribution in [-0.4, -0.2) is 27.5 Å². The fourth-order valence-corrected chi connectivity index (χ4v) is 2.50. The number of nitrogens with zero attached hydrogens (tertiary/aromatic N) is 3. The summed E-state index contributed by atoms with van der Waals surface area (Å²) >= 11 is 5.97. The van der Waals surface area contributed by atoms with Crippen molar-refractivity contribution in [2.75, 3.05) is 6.54 Å². The number of hydrogen-bond acceptors (Lipinski definition) is 5. The van der Waals surface area contributed by atoms with Crippen LogP contribution in [0.2, 0.25) is 5.02 Å². The molecule has 124 valence electrons. The lowest BCUT2D eigenvalue weighted by atomic mass is 10.2. The third kappa shape index (κ3) is 3.65. The van der Waals surface area contributed by atoms with Gasteiger partial charge in [-0.25, -0.2) is 0 Å². The highest BCUT2D eigenvalue weighted by Gasteiger charge is 2.19. The summed E-state index contributed by atoms with van der Waals surface area (Å²) in [7, 11) is 0. The van der Waals surface area contributed by atoms with Crippen LogP contribution < -0.4 is 0 Å². The third-order valence-corrected chi connectivity index (χ3v) is 3.61. The molecule has 0 radical (unpaired) electrons. The monoisotopic (exact) mass is 345 g/mol. The average molecular weight is 346 g/mol. The highest BCUT2D eigenvalue weighted by molar-refractivity contribution is 6.30. The molecule has 0 aliphatic heterocycles. The van der Waals surface area contributed by atoms with Gasteiger partial charge in [0.15, 0.2) is 5.76 Å². The Morgan fingerprint density at radius 1 is 1.25 bits per heavy atom. The maximum Gasteiger partial charge on any atom is 0.283 e. The van der Waals surface area contributed by atoms with E-state index in [1.54, 1.807) is 41.3 Å². The number of benzene rings is 1. The number of rotatable bonds is 6. The van der Waals surface area contributed by atoms with Crippen molar-refractivity contribution in [3.8, 4) is 11.7 Å². The Hall–Kier alpha value is -2.60. The molecule has 0 aliphatic rings. The maximum absolute atomic E-state index is 12.7. The first-order valence-corrected chi connectivity index (χ1v) is 7.96. The summed E-state index contributed by atoms with van der Waals surface area (Å²) in [4.78, 5) is 14.3. The molecule has 0 N–H and O–H groups in total. The molecule has 0 fully saturated rings. The van der Waals surface area contributed by atoms with Crippen LogP contribution in [-0.2, 0) is 6.54 Å². The lowest BCUT2D eigenvalue weighted by Crippen LogP contribution is -2.31. The normalized spacial score (nSPS) is 10.8. The molecular weight excluding hydrogens is 330 g/mol. The van der Waals surface area contributed by atoms with Crippen molar-refractivity contribution < 1.29 is 13.6 Å². The van der Waals surface area contributed by atoms with Crippen LogP contribution in [0, 0.1) is 0 Å². The van der Waals surface area contributed by atoms with Gasteiger partial charge in [0.2, 0.25) is 5.89 Å². The van der Waals surface area contributed by atoms with Gasteiger partial charge in [-0.1, -0.05) is 24.6 Å². The van der Waals surface area contributed by atoms with Gasteiger partial charge in [0.05, 0.1) is 12.8 Å². The zero-order chi connectivity index (χ0) is 16.9. The molecular formula is C17H16ClN3O3. The first kappa shape index (κ1) is 16.3. The van der Waals surface area contributed by atoms with Crippen LogP contribution in [0.1, 0.15) is 29.6 Å². The number of amides is 1. The van der Waals surface area contributed by atoms with Crippen LogP contribution in [0.4, 0.5) is 0 Å². The summed E-state index contributed by atoms with van der Waals surface area (Å²) in [6, 6.07) is 10.3. The number of furan rings is 1. The van der Waals surface area contributed by atoms with Gasteiger partial charge in [-0.05, 0) is 36.8 Å². The van der Waals surface area contributed by atoms with E-state index in [1.165, 1.54) is 6.26 Å². The molecule has 6 nitrogen and oxygen atoms in total. The first-order chi connectivity index (χ1) is 11.7. The van der Waals surface area contributed by atoms with Crippen LogP contribution in [0.25, 0.3) is 11.7 Å². The topological polar surface area (TPSA) is 72.4 Å². The molecule has 0 unspecified atom stereocenters. The summed E-state index contributed by atoms with van der Waals surface area (Å²) in [5, 5.41) is 8.46. The van der Waals surface area contributed by atoms with Crippen molar-refractivity contribution >= 4 is 17.5 Å². The van der Waals surface area contributed by atoms with E-state index < -0.39 is 0 Å². The van der Waals surface area contributed by atoms with E-state index in [9.17, 15) is 4.79 Å². The fraction of sp³-hybridized carbons (Fsp3) is 0.235. The minimum absolute atomic E-state index is 0.128. The standard InChI is InChI=1S/C17H16ClN3O3/c1-2-8-21(17(22)12-5-3-6-13(18)10-12)11-15-19-20-16(24-15)14-7-4-9-23-14/h3-7,9-10H,2,8,11H2,1H3. The fourth-order valence-electron chi connectivity index (χ4n) is 2.31. The van der Waals surface area contributed by atoms with E-state index in [1.807, 2.05) is 6.92 Å². The molecule has 1 aromatic carbocycles. The Kier molecular flexibility index (Phi) is 4.96. The van der Waals surface area contributed by atoms with Crippen molar-refractivity contribution in [2.24, 2.45) is 0 Å². The predicted molar refractivity (Wildman–Crippen MR) is 88.5 cm³/mol. The maximum atomic E-state index is 12.7. The second-order valence-corrected chi connectivity index (χ2v) is 5.65. The minimum atomic E-state index is -0.128. The molecule has 0 atom stereocenters. The van der Waals surface area contributed by atoms with Crippen LogP contribution >= 0.6 is 11.6 Å². The van der Waals surface area contributed by atoms with Gasteiger partial charge in [0, 0.05) is 17.1 Å². The zero-order valence-corrected chi connectivity index (χ0v) is 13.9. The molecule has 7 heteroatoms. The molecule has 0 aliphatic carbocycles. The smallest absolute Gasteiger partial charge is 0.283 e. The lowest BCUT2D eigenvalue weighted by Gasteiger charge is -2.20. The quantitative estimate of drug-likeness (QED) is 0.674. The molecule has 3 rings (SSSR count). The van der Waals surface area contributed by atoms with Gasteiger partial charge >= 0.3 is 0 Å². The Labute approximate surface area is 144 Å². The molecule has 0 spiro atoms. The van der Waals surface area contributed by atoms with Gasteiger partial charge < -0.3 is 13.7 Å². The van der Waals surface area contributed by atoms with Gasteiger partial charge in [0.1, 0.15) is 0 Å². The molecule has 0 bridgehead atoms. The van der Waals surface area contributed by atoms with E-state index in [4.69, 9.17) is 20.4 Å². The summed E-state index contributed by atoms with van der Waals surface area (Å²) in [5.74, 6) is 1.01. The summed E-state index contributed by atoms with van der Waals surface area (Å²) in [6.07, 6.45) is 2.34. The Bertz CT molecular complexity index is 814. The van der Waals surface area contributed by atoms with Crippen LogP contribution in [0.5, 0.6) is 0 Å². The van der Waals surface area contributed by atoms with E-state index in [0.29, 0.717) is 34.7 Å². The SMILES string of the molecule is CCCN(Cc1nnc(-c2ccco2)o1)C(=O)c1cccc(Cl)c1. The minimum Gasteiger partial charge on any atom is -0.459 e. The summed E-state index contributed by atoms with van der Waals surface area (Å²) < 4.78 is 10.8. The van der Waals surface area contributed by atoms with Crippen LogP contribution in [0.3, 0.4) is 0 Å². The van der Waals surface area contributed by atoms with Gasteiger partial charge in [0.25, 0.3) is 11.8 Å². The molecule has 3 aromatic rings. The van der Waals surface area contributed by atoms with Crippen molar-refractivity contribution in [3.05, 3.63) is 59.1 Å². The average Bonchev–Trinajstić information content (AvgIpc) is 3.25. The lowest BCUT2D eigenvalue weighted by molar-refractivity contribution is 0.0728. The highest BCUT2D eigenvalue weighted by Crippen LogP contribution is 2.19. The Morgan fingerprint density at radius 3 is 2.83 bits per heavy atom. The van der Waals surface area contributed by atoms with E-state index >= 15 is 0 Å².